The average Bonchev–Trinajstić information content (AvgIpc) is 2.80. The zero-order valence-corrected chi connectivity index (χ0v) is 14.2. The predicted octanol–water partition coefficient (Wildman–Crippen LogP) is 2.98. The van der Waals surface area contributed by atoms with E-state index in [1.165, 1.54) is 11.1 Å². The summed E-state index contributed by atoms with van der Waals surface area (Å²) in [7, 11) is 1.90. The fraction of sp³-hybridized carbons (Fsp3) is 0.588. The SMILES string of the molecule is CNCC(C)C(=O)N1CC(c2ccccc2C)CC1C.Cl. The molecule has 1 N–H and O–H groups in total. The van der Waals surface area contributed by atoms with Crippen LogP contribution in [0.5, 0.6) is 0 Å². The smallest absolute Gasteiger partial charge is 0.226 e. The number of carbonyl (C=O) groups is 1. The average molecular weight is 311 g/mol. The normalized spacial score (nSPS) is 22.8. The van der Waals surface area contributed by atoms with Crippen LogP contribution in [-0.4, -0.2) is 37.0 Å². The second-order valence-corrected chi connectivity index (χ2v) is 6.09. The molecular formula is C17H27ClN2O. The Kier molecular flexibility index (Phi) is 6.69. The Morgan fingerprint density at radius 1 is 1.43 bits per heavy atom. The Hall–Kier alpha value is -1.06. The zero-order chi connectivity index (χ0) is 14.7. The van der Waals surface area contributed by atoms with Gasteiger partial charge < -0.3 is 10.2 Å². The van der Waals surface area contributed by atoms with Gasteiger partial charge in [-0.15, -0.1) is 12.4 Å². The van der Waals surface area contributed by atoms with Gasteiger partial charge in [-0.1, -0.05) is 31.2 Å². The third-order valence-electron chi connectivity index (χ3n) is 4.42. The zero-order valence-electron chi connectivity index (χ0n) is 13.4. The molecule has 118 valence electrons. The van der Waals surface area contributed by atoms with Crippen molar-refractivity contribution < 1.29 is 4.79 Å². The minimum absolute atomic E-state index is 0. The van der Waals surface area contributed by atoms with E-state index < -0.39 is 0 Å². The monoisotopic (exact) mass is 310 g/mol. The van der Waals surface area contributed by atoms with E-state index in [1.807, 2.05) is 14.0 Å². The van der Waals surface area contributed by atoms with Crippen LogP contribution in [-0.2, 0) is 4.79 Å². The van der Waals surface area contributed by atoms with Crippen LogP contribution in [0.25, 0.3) is 0 Å². The molecule has 0 aromatic heterocycles. The van der Waals surface area contributed by atoms with Crippen LogP contribution < -0.4 is 5.32 Å². The first-order valence-electron chi connectivity index (χ1n) is 7.55. The molecule has 0 bridgehead atoms. The van der Waals surface area contributed by atoms with Gasteiger partial charge in [-0.3, -0.25) is 4.79 Å². The van der Waals surface area contributed by atoms with Crippen molar-refractivity contribution in [3.05, 3.63) is 35.4 Å². The molecule has 0 spiro atoms. The van der Waals surface area contributed by atoms with Crippen molar-refractivity contribution in [1.29, 1.82) is 0 Å². The van der Waals surface area contributed by atoms with Crippen molar-refractivity contribution in [3.8, 4) is 0 Å². The van der Waals surface area contributed by atoms with Crippen LogP contribution >= 0.6 is 12.4 Å². The molecule has 1 saturated heterocycles. The van der Waals surface area contributed by atoms with Gasteiger partial charge in [-0.25, -0.2) is 0 Å². The van der Waals surface area contributed by atoms with E-state index in [-0.39, 0.29) is 24.2 Å². The van der Waals surface area contributed by atoms with Crippen LogP contribution in [0.3, 0.4) is 0 Å². The topological polar surface area (TPSA) is 32.3 Å². The molecule has 0 radical (unpaired) electrons. The second-order valence-electron chi connectivity index (χ2n) is 6.09. The number of hydrogen-bond donors (Lipinski definition) is 1. The maximum atomic E-state index is 12.5. The number of nitrogens with zero attached hydrogens (tertiary/aromatic N) is 1. The van der Waals surface area contributed by atoms with Gasteiger partial charge in [0.15, 0.2) is 0 Å². The van der Waals surface area contributed by atoms with E-state index in [0.29, 0.717) is 12.0 Å². The highest BCUT2D eigenvalue weighted by Gasteiger charge is 2.35. The Labute approximate surface area is 134 Å². The van der Waals surface area contributed by atoms with Crippen molar-refractivity contribution in [2.24, 2.45) is 5.92 Å². The number of hydrogen-bond acceptors (Lipinski definition) is 2. The molecule has 1 amide bonds. The van der Waals surface area contributed by atoms with Crippen molar-refractivity contribution in [2.45, 2.75) is 39.2 Å². The van der Waals surface area contributed by atoms with E-state index >= 15 is 0 Å². The van der Waals surface area contributed by atoms with Gasteiger partial charge in [0.05, 0.1) is 0 Å². The van der Waals surface area contributed by atoms with Crippen LogP contribution in [0.4, 0.5) is 0 Å². The lowest BCUT2D eigenvalue weighted by atomic mass is 9.93. The summed E-state index contributed by atoms with van der Waals surface area (Å²) in [6.07, 6.45) is 1.07. The van der Waals surface area contributed by atoms with Crippen molar-refractivity contribution in [2.75, 3.05) is 20.1 Å². The molecule has 4 heteroatoms. The number of nitrogens with one attached hydrogen (secondary N) is 1. The Morgan fingerprint density at radius 3 is 2.71 bits per heavy atom. The van der Waals surface area contributed by atoms with E-state index in [0.717, 1.165) is 19.5 Å². The molecule has 1 fully saturated rings. The summed E-state index contributed by atoms with van der Waals surface area (Å²) >= 11 is 0. The number of halogens is 1. The number of rotatable bonds is 4. The molecule has 3 nitrogen and oxygen atoms in total. The highest BCUT2D eigenvalue weighted by molar-refractivity contribution is 5.85. The number of carbonyl (C=O) groups excluding carboxylic acids is 1. The largest absolute Gasteiger partial charge is 0.339 e. The summed E-state index contributed by atoms with van der Waals surface area (Å²) in [5.74, 6) is 0.818. The van der Waals surface area contributed by atoms with Gasteiger partial charge in [-0.2, -0.15) is 0 Å². The standard InChI is InChI=1S/C17H26N2O.ClH/c1-12-7-5-6-8-16(12)15-9-14(3)19(11-15)17(20)13(2)10-18-4;/h5-8,13-15,18H,9-11H2,1-4H3;1H. The molecule has 21 heavy (non-hydrogen) atoms. The molecule has 3 atom stereocenters. The van der Waals surface area contributed by atoms with Gasteiger partial charge in [0, 0.05) is 31.0 Å². The summed E-state index contributed by atoms with van der Waals surface area (Å²) in [6.45, 7) is 7.94. The van der Waals surface area contributed by atoms with Gasteiger partial charge in [-0.05, 0) is 38.4 Å². The van der Waals surface area contributed by atoms with Gasteiger partial charge in [0.2, 0.25) is 5.91 Å². The molecular weight excluding hydrogens is 284 g/mol. The molecule has 1 aromatic carbocycles. The summed E-state index contributed by atoms with van der Waals surface area (Å²) in [4.78, 5) is 14.6. The lowest BCUT2D eigenvalue weighted by molar-refractivity contribution is -0.135. The minimum atomic E-state index is 0. The molecule has 0 saturated carbocycles. The molecule has 1 heterocycles. The first kappa shape index (κ1) is 18.0. The summed E-state index contributed by atoms with van der Waals surface area (Å²) in [5.41, 5.74) is 2.73. The van der Waals surface area contributed by atoms with Gasteiger partial charge in [0.25, 0.3) is 0 Å². The predicted molar refractivity (Wildman–Crippen MR) is 90.1 cm³/mol. The molecule has 2 rings (SSSR count). The quantitative estimate of drug-likeness (QED) is 0.927. The maximum Gasteiger partial charge on any atom is 0.226 e. The molecule has 1 aromatic rings. The highest BCUT2D eigenvalue weighted by atomic mass is 35.5. The van der Waals surface area contributed by atoms with Crippen molar-refractivity contribution in [3.63, 3.8) is 0 Å². The van der Waals surface area contributed by atoms with E-state index in [2.05, 4.69) is 48.3 Å². The summed E-state index contributed by atoms with van der Waals surface area (Å²) in [6, 6.07) is 8.88. The number of likely N-dealkylation sites (tertiary alicyclic amines) is 1. The summed E-state index contributed by atoms with van der Waals surface area (Å²) < 4.78 is 0. The summed E-state index contributed by atoms with van der Waals surface area (Å²) in [5, 5.41) is 3.09. The highest BCUT2D eigenvalue weighted by Crippen LogP contribution is 2.33. The minimum Gasteiger partial charge on any atom is -0.339 e. The third-order valence-corrected chi connectivity index (χ3v) is 4.42. The van der Waals surface area contributed by atoms with Crippen molar-refractivity contribution in [1.82, 2.24) is 10.2 Å². The molecule has 1 aliphatic rings. The van der Waals surface area contributed by atoms with E-state index in [9.17, 15) is 4.79 Å². The van der Waals surface area contributed by atoms with Gasteiger partial charge in [0.1, 0.15) is 0 Å². The number of amides is 1. The second kappa shape index (κ2) is 7.81. The van der Waals surface area contributed by atoms with Gasteiger partial charge >= 0.3 is 0 Å². The number of aryl methyl sites for hydroxylation is 1. The maximum absolute atomic E-state index is 12.5. The van der Waals surface area contributed by atoms with E-state index in [1.54, 1.807) is 0 Å². The lowest BCUT2D eigenvalue weighted by Gasteiger charge is -2.25. The van der Waals surface area contributed by atoms with Crippen molar-refractivity contribution >= 4 is 18.3 Å². The lowest BCUT2D eigenvalue weighted by Crippen LogP contribution is -2.40. The van der Waals surface area contributed by atoms with Crippen LogP contribution in [0.1, 0.15) is 37.3 Å². The first-order valence-corrected chi connectivity index (χ1v) is 7.55. The fourth-order valence-corrected chi connectivity index (χ4v) is 3.28. The Morgan fingerprint density at radius 2 is 2.10 bits per heavy atom. The van der Waals surface area contributed by atoms with Crippen LogP contribution in [0.15, 0.2) is 24.3 Å². The number of benzene rings is 1. The fourth-order valence-electron chi connectivity index (χ4n) is 3.28. The molecule has 3 unspecified atom stereocenters. The Balaban J connectivity index is 0.00000220. The van der Waals surface area contributed by atoms with Crippen LogP contribution in [0, 0.1) is 12.8 Å². The van der Waals surface area contributed by atoms with Crippen LogP contribution in [0.2, 0.25) is 0 Å². The van der Waals surface area contributed by atoms with E-state index in [4.69, 9.17) is 0 Å². The Bertz CT molecular complexity index is 478. The molecule has 1 aliphatic heterocycles. The third kappa shape index (κ3) is 3.98. The molecule has 0 aliphatic carbocycles. The first-order chi connectivity index (χ1) is 9.54.